The van der Waals surface area contributed by atoms with E-state index in [1.807, 2.05) is 0 Å². The zero-order valence-corrected chi connectivity index (χ0v) is 12.8. The predicted molar refractivity (Wildman–Crippen MR) is 78.4 cm³/mol. The molecule has 1 N–H and O–H groups in total. The molecule has 0 radical (unpaired) electrons. The minimum atomic E-state index is -4.86. The third kappa shape index (κ3) is 5.72. The molecule has 2 rings (SSSR count). The molecule has 5 nitrogen and oxygen atoms in total. The van der Waals surface area contributed by atoms with Gasteiger partial charge >= 0.3 is 12.3 Å². The van der Waals surface area contributed by atoms with E-state index in [0.29, 0.717) is 0 Å². The van der Waals surface area contributed by atoms with Gasteiger partial charge in [0, 0.05) is 11.8 Å². The molecule has 0 saturated heterocycles. The van der Waals surface area contributed by atoms with Crippen LogP contribution in [0.2, 0.25) is 0 Å². The van der Waals surface area contributed by atoms with E-state index < -0.39 is 42.2 Å². The lowest BCUT2D eigenvalue weighted by Crippen LogP contribution is -2.21. The second kappa shape index (κ2) is 7.81. The summed E-state index contributed by atoms with van der Waals surface area (Å²) in [4.78, 5) is 23.3. The van der Waals surface area contributed by atoms with Gasteiger partial charge in [-0.1, -0.05) is 0 Å². The smallest absolute Gasteiger partial charge is 0.452 e. The Morgan fingerprint density at radius 3 is 2.19 bits per heavy atom. The van der Waals surface area contributed by atoms with E-state index in [2.05, 4.69) is 14.8 Å². The van der Waals surface area contributed by atoms with Crippen LogP contribution in [0, 0.1) is 11.6 Å². The van der Waals surface area contributed by atoms with E-state index in [1.54, 1.807) is 0 Å². The van der Waals surface area contributed by atoms with Gasteiger partial charge in [-0.3, -0.25) is 4.79 Å². The Kier molecular flexibility index (Phi) is 5.75. The summed E-state index contributed by atoms with van der Waals surface area (Å²) < 4.78 is 70.2. The molecule has 1 amide bonds. The molecule has 0 aliphatic rings. The molecular formula is C16H10F5NO4. The Labute approximate surface area is 143 Å². The van der Waals surface area contributed by atoms with Crippen molar-refractivity contribution in [3.05, 3.63) is 59.7 Å². The molecule has 138 valence electrons. The number of esters is 1. The lowest BCUT2D eigenvalue weighted by molar-refractivity contribution is -0.274. The maximum Gasteiger partial charge on any atom is 0.573 e. The number of carbonyl (C=O) groups excluding carboxylic acids is 2. The van der Waals surface area contributed by atoms with Crippen molar-refractivity contribution in [3.63, 3.8) is 0 Å². The van der Waals surface area contributed by atoms with E-state index in [9.17, 15) is 31.5 Å². The number of benzene rings is 2. The van der Waals surface area contributed by atoms with Crippen LogP contribution >= 0.6 is 0 Å². The number of alkyl halides is 3. The van der Waals surface area contributed by atoms with Gasteiger partial charge in [0.05, 0.1) is 5.56 Å². The van der Waals surface area contributed by atoms with Crippen LogP contribution in [0.3, 0.4) is 0 Å². The second-order valence-electron chi connectivity index (χ2n) is 4.83. The first-order valence-electron chi connectivity index (χ1n) is 6.92. The molecule has 0 atom stereocenters. The fourth-order valence-electron chi connectivity index (χ4n) is 1.78. The van der Waals surface area contributed by atoms with Gasteiger partial charge in [-0.05, 0) is 36.4 Å². The lowest BCUT2D eigenvalue weighted by Gasteiger charge is -2.09. The summed E-state index contributed by atoms with van der Waals surface area (Å²) in [6.07, 6.45) is -4.86. The molecule has 0 saturated carbocycles. The number of rotatable bonds is 5. The highest BCUT2D eigenvalue weighted by atomic mass is 19.4. The molecule has 0 fully saturated rings. The molecule has 2 aromatic rings. The molecule has 10 heteroatoms. The quantitative estimate of drug-likeness (QED) is 0.640. The van der Waals surface area contributed by atoms with Gasteiger partial charge in [-0.25, -0.2) is 13.6 Å². The summed E-state index contributed by atoms with van der Waals surface area (Å²) in [5.41, 5.74) is -0.154. The van der Waals surface area contributed by atoms with Crippen molar-refractivity contribution in [2.45, 2.75) is 6.36 Å². The van der Waals surface area contributed by atoms with E-state index >= 15 is 0 Å². The predicted octanol–water partition coefficient (Wildman–Crippen LogP) is 3.66. The zero-order chi connectivity index (χ0) is 19.3. The van der Waals surface area contributed by atoms with Crippen LogP contribution < -0.4 is 10.1 Å². The van der Waals surface area contributed by atoms with Gasteiger partial charge in [-0.15, -0.1) is 13.2 Å². The summed E-state index contributed by atoms with van der Waals surface area (Å²) in [5.74, 6) is -4.57. The van der Waals surface area contributed by atoms with Gasteiger partial charge in [0.1, 0.15) is 5.75 Å². The Morgan fingerprint density at radius 2 is 1.62 bits per heavy atom. The summed E-state index contributed by atoms with van der Waals surface area (Å²) in [5, 5.41) is 2.18. The number of nitrogens with one attached hydrogen (secondary N) is 1. The van der Waals surface area contributed by atoms with Crippen LogP contribution in [-0.4, -0.2) is 24.8 Å². The number of halogens is 5. The van der Waals surface area contributed by atoms with E-state index in [0.717, 1.165) is 42.5 Å². The van der Waals surface area contributed by atoms with Crippen molar-refractivity contribution in [2.75, 3.05) is 11.9 Å². The molecule has 0 aliphatic heterocycles. The Balaban J connectivity index is 1.87. The molecule has 0 aliphatic carbocycles. The largest absolute Gasteiger partial charge is 0.573 e. The van der Waals surface area contributed by atoms with Crippen molar-refractivity contribution in [2.24, 2.45) is 0 Å². The minimum Gasteiger partial charge on any atom is -0.452 e. The van der Waals surface area contributed by atoms with Crippen LogP contribution in [0.5, 0.6) is 5.75 Å². The van der Waals surface area contributed by atoms with Crippen molar-refractivity contribution in [3.8, 4) is 5.75 Å². The summed E-state index contributed by atoms with van der Waals surface area (Å²) >= 11 is 0. The number of carbonyl (C=O) groups is 2. The summed E-state index contributed by atoms with van der Waals surface area (Å²) in [7, 11) is 0. The zero-order valence-electron chi connectivity index (χ0n) is 12.8. The van der Waals surface area contributed by atoms with Crippen LogP contribution in [0.4, 0.5) is 27.6 Å². The van der Waals surface area contributed by atoms with Crippen LogP contribution in [0.15, 0.2) is 42.5 Å². The van der Waals surface area contributed by atoms with Crippen molar-refractivity contribution in [1.82, 2.24) is 0 Å². The van der Waals surface area contributed by atoms with Crippen LogP contribution in [0.25, 0.3) is 0 Å². The highest BCUT2D eigenvalue weighted by molar-refractivity contribution is 5.95. The summed E-state index contributed by atoms with van der Waals surface area (Å²) in [6.45, 7) is -0.737. The van der Waals surface area contributed by atoms with E-state index in [4.69, 9.17) is 0 Å². The fourth-order valence-corrected chi connectivity index (χ4v) is 1.78. The van der Waals surface area contributed by atoms with Crippen molar-refractivity contribution in [1.29, 1.82) is 0 Å². The van der Waals surface area contributed by atoms with E-state index in [-0.39, 0.29) is 11.3 Å². The average molecular weight is 375 g/mol. The summed E-state index contributed by atoms with van der Waals surface area (Å²) in [6, 6.07) is 6.53. The molecule has 0 spiro atoms. The van der Waals surface area contributed by atoms with Crippen molar-refractivity contribution >= 4 is 17.6 Å². The molecule has 0 aromatic heterocycles. The Morgan fingerprint density at radius 1 is 0.962 bits per heavy atom. The minimum absolute atomic E-state index is 0.0430. The number of hydrogen-bond donors (Lipinski definition) is 1. The first kappa shape index (κ1) is 19.2. The third-order valence-electron chi connectivity index (χ3n) is 2.86. The van der Waals surface area contributed by atoms with Gasteiger partial charge in [0.25, 0.3) is 5.91 Å². The van der Waals surface area contributed by atoms with Gasteiger partial charge in [-0.2, -0.15) is 0 Å². The SMILES string of the molecule is O=C(COC(=O)c1ccc(OC(F)(F)F)cc1)Nc1ccc(F)c(F)c1. The van der Waals surface area contributed by atoms with Gasteiger partial charge in [0.15, 0.2) is 18.2 Å². The van der Waals surface area contributed by atoms with Crippen LogP contribution in [-0.2, 0) is 9.53 Å². The maximum atomic E-state index is 13.0. The normalized spacial score (nSPS) is 11.0. The molecule has 2 aromatic carbocycles. The molecule has 0 bridgehead atoms. The Hall–Kier alpha value is -3.17. The molecular weight excluding hydrogens is 365 g/mol. The fraction of sp³-hybridized carbons (Fsp3) is 0.125. The third-order valence-corrected chi connectivity index (χ3v) is 2.86. The maximum absolute atomic E-state index is 13.0. The first-order chi connectivity index (χ1) is 12.1. The van der Waals surface area contributed by atoms with Crippen LogP contribution in [0.1, 0.15) is 10.4 Å². The molecule has 26 heavy (non-hydrogen) atoms. The highest BCUT2D eigenvalue weighted by Gasteiger charge is 2.31. The highest BCUT2D eigenvalue weighted by Crippen LogP contribution is 2.22. The Bertz CT molecular complexity index is 805. The first-order valence-corrected chi connectivity index (χ1v) is 6.92. The van der Waals surface area contributed by atoms with Gasteiger partial charge < -0.3 is 14.8 Å². The molecule has 0 unspecified atom stereocenters. The topological polar surface area (TPSA) is 64.6 Å². The number of anilines is 1. The van der Waals surface area contributed by atoms with E-state index in [1.165, 1.54) is 0 Å². The molecule has 0 heterocycles. The van der Waals surface area contributed by atoms with Crippen molar-refractivity contribution < 1.29 is 41.0 Å². The standard InChI is InChI=1S/C16H10F5NO4/c17-12-6-3-10(7-13(12)18)22-14(23)8-25-15(24)9-1-4-11(5-2-9)26-16(19,20)21/h1-7H,8H2,(H,22,23). The second-order valence-corrected chi connectivity index (χ2v) is 4.83. The number of ether oxygens (including phenoxy) is 2. The number of hydrogen-bond acceptors (Lipinski definition) is 4. The average Bonchev–Trinajstić information content (AvgIpc) is 2.55. The van der Waals surface area contributed by atoms with Gasteiger partial charge in [0.2, 0.25) is 0 Å². The number of amides is 1. The monoisotopic (exact) mass is 375 g/mol. The lowest BCUT2D eigenvalue weighted by atomic mass is 10.2.